The zero-order valence-corrected chi connectivity index (χ0v) is 10.7. The van der Waals surface area contributed by atoms with Gasteiger partial charge < -0.3 is 5.11 Å². The smallest absolute Gasteiger partial charge is 0.432 e. The molecule has 2 aromatic rings. The third-order valence-electron chi connectivity index (χ3n) is 3.78. The summed E-state index contributed by atoms with van der Waals surface area (Å²) in [5.74, 6) is -0.866. The van der Waals surface area contributed by atoms with Crippen LogP contribution in [0.1, 0.15) is 24.1 Å². The molecule has 0 saturated heterocycles. The van der Waals surface area contributed by atoms with Gasteiger partial charge in [0.05, 0.1) is 11.1 Å². The lowest BCUT2D eigenvalue weighted by Gasteiger charge is -2.10. The van der Waals surface area contributed by atoms with Gasteiger partial charge in [-0.15, -0.1) is 0 Å². The maximum absolute atomic E-state index is 12.5. The number of rotatable bonds is 3. The van der Waals surface area contributed by atoms with E-state index in [1.165, 1.54) is 0 Å². The van der Waals surface area contributed by atoms with Crippen LogP contribution in [0.15, 0.2) is 30.3 Å². The second-order valence-corrected chi connectivity index (χ2v) is 5.13. The van der Waals surface area contributed by atoms with Gasteiger partial charge in [-0.05, 0) is 24.5 Å². The molecule has 21 heavy (non-hydrogen) atoms. The van der Waals surface area contributed by atoms with Crippen LogP contribution in [0.5, 0.6) is 0 Å². The van der Waals surface area contributed by atoms with Crippen molar-refractivity contribution in [1.82, 2.24) is 10.2 Å². The average Bonchev–Trinajstić information content (AvgIpc) is 3.08. The summed E-state index contributed by atoms with van der Waals surface area (Å²) in [6.07, 6.45) is -3.29. The Morgan fingerprint density at radius 3 is 2.29 bits per heavy atom. The average molecular weight is 296 g/mol. The number of benzene rings is 1. The molecule has 1 fully saturated rings. The SMILES string of the molecule is O=C(O)C1(c2ccc(-c3cc(C(F)(F)F)[nH]n3)cc2)CC1. The Morgan fingerprint density at radius 1 is 1.24 bits per heavy atom. The van der Waals surface area contributed by atoms with Gasteiger partial charge in [0.25, 0.3) is 0 Å². The molecule has 1 aromatic carbocycles. The van der Waals surface area contributed by atoms with Crippen LogP contribution in [0.4, 0.5) is 13.2 Å². The number of H-pyrrole nitrogens is 1. The number of carboxylic acid groups (broad SMARTS) is 1. The number of carbonyl (C=O) groups is 1. The fourth-order valence-electron chi connectivity index (χ4n) is 2.33. The molecule has 0 radical (unpaired) electrons. The van der Waals surface area contributed by atoms with E-state index in [-0.39, 0.29) is 5.69 Å². The Bertz CT molecular complexity index is 685. The lowest BCUT2D eigenvalue weighted by atomic mass is 9.95. The van der Waals surface area contributed by atoms with Gasteiger partial charge in [0.1, 0.15) is 5.69 Å². The first-order chi connectivity index (χ1) is 9.83. The van der Waals surface area contributed by atoms with E-state index < -0.39 is 23.3 Å². The third kappa shape index (κ3) is 2.28. The lowest BCUT2D eigenvalue weighted by molar-refractivity contribution is -0.141. The van der Waals surface area contributed by atoms with Crippen LogP contribution in [0.2, 0.25) is 0 Å². The molecule has 0 aliphatic heterocycles. The summed E-state index contributed by atoms with van der Waals surface area (Å²) in [6.45, 7) is 0. The molecule has 4 nitrogen and oxygen atoms in total. The molecule has 1 aromatic heterocycles. The fourth-order valence-corrected chi connectivity index (χ4v) is 2.33. The first kappa shape index (κ1) is 13.7. The number of carboxylic acids is 1. The third-order valence-corrected chi connectivity index (χ3v) is 3.78. The summed E-state index contributed by atoms with van der Waals surface area (Å²) >= 11 is 0. The molecule has 0 bridgehead atoms. The number of aromatic amines is 1. The molecule has 0 spiro atoms. The summed E-state index contributed by atoms with van der Waals surface area (Å²) in [7, 11) is 0. The van der Waals surface area contributed by atoms with E-state index in [4.69, 9.17) is 0 Å². The molecule has 1 aliphatic rings. The molecule has 0 atom stereocenters. The maximum Gasteiger partial charge on any atom is 0.432 e. The van der Waals surface area contributed by atoms with Crippen molar-refractivity contribution in [2.45, 2.75) is 24.4 Å². The van der Waals surface area contributed by atoms with Crippen LogP contribution < -0.4 is 0 Å². The Kier molecular flexibility index (Phi) is 2.82. The largest absolute Gasteiger partial charge is 0.481 e. The highest BCUT2D eigenvalue weighted by atomic mass is 19.4. The molecule has 1 heterocycles. The molecule has 0 unspecified atom stereocenters. The molecule has 110 valence electrons. The van der Waals surface area contributed by atoms with Gasteiger partial charge in [-0.25, -0.2) is 0 Å². The Balaban J connectivity index is 1.88. The fraction of sp³-hybridized carbons (Fsp3) is 0.286. The molecular formula is C14H11F3N2O2. The van der Waals surface area contributed by atoms with Crippen LogP contribution in [0.25, 0.3) is 11.3 Å². The number of nitrogens with zero attached hydrogens (tertiary/aromatic N) is 1. The van der Waals surface area contributed by atoms with Gasteiger partial charge >= 0.3 is 12.1 Å². The number of nitrogens with one attached hydrogen (secondary N) is 1. The zero-order valence-electron chi connectivity index (χ0n) is 10.7. The predicted octanol–water partition coefficient (Wildman–Crippen LogP) is 3.21. The number of aromatic nitrogens is 2. The van der Waals surface area contributed by atoms with Crippen LogP contribution >= 0.6 is 0 Å². The Morgan fingerprint density at radius 2 is 1.86 bits per heavy atom. The van der Waals surface area contributed by atoms with Crippen LogP contribution in [0.3, 0.4) is 0 Å². The summed E-state index contributed by atoms with van der Waals surface area (Å²) < 4.78 is 37.5. The number of alkyl halides is 3. The second-order valence-electron chi connectivity index (χ2n) is 5.13. The van der Waals surface area contributed by atoms with Crippen molar-refractivity contribution < 1.29 is 23.1 Å². The standard InChI is InChI=1S/C14H11F3N2O2/c15-14(16,17)11-7-10(18-19-11)8-1-3-9(4-2-8)13(5-6-13)12(20)21/h1-4,7H,5-6H2,(H,18,19)(H,20,21). The molecular weight excluding hydrogens is 285 g/mol. The van der Waals surface area contributed by atoms with Gasteiger partial charge in [0.2, 0.25) is 0 Å². The minimum absolute atomic E-state index is 0.175. The van der Waals surface area contributed by atoms with Crippen LogP contribution in [-0.2, 0) is 16.4 Å². The minimum atomic E-state index is -4.47. The summed E-state index contributed by atoms with van der Waals surface area (Å²) in [4.78, 5) is 11.2. The molecule has 3 rings (SSSR count). The van der Waals surface area contributed by atoms with Crippen molar-refractivity contribution in [3.05, 3.63) is 41.6 Å². The Labute approximate surface area is 117 Å². The van der Waals surface area contributed by atoms with Gasteiger partial charge in [-0.1, -0.05) is 24.3 Å². The lowest BCUT2D eigenvalue weighted by Crippen LogP contribution is -2.19. The van der Waals surface area contributed by atoms with E-state index in [1.807, 2.05) is 5.10 Å². The second kappa shape index (κ2) is 4.34. The molecule has 2 N–H and O–H groups in total. The molecule has 1 saturated carbocycles. The van der Waals surface area contributed by atoms with Crippen molar-refractivity contribution in [2.24, 2.45) is 0 Å². The minimum Gasteiger partial charge on any atom is -0.481 e. The highest BCUT2D eigenvalue weighted by molar-refractivity contribution is 5.85. The van der Waals surface area contributed by atoms with Crippen molar-refractivity contribution in [3.63, 3.8) is 0 Å². The van der Waals surface area contributed by atoms with Crippen molar-refractivity contribution in [1.29, 1.82) is 0 Å². The predicted molar refractivity (Wildman–Crippen MR) is 67.6 cm³/mol. The van der Waals surface area contributed by atoms with Crippen molar-refractivity contribution in [2.75, 3.05) is 0 Å². The summed E-state index contributed by atoms with van der Waals surface area (Å²) in [6, 6.07) is 7.39. The summed E-state index contributed by atoms with van der Waals surface area (Å²) in [5.41, 5.74) is -0.377. The molecule has 7 heteroatoms. The molecule has 1 aliphatic carbocycles. The van der Waals surface area contributed by atoms with E-state index in [0.29, 0.717) is 24.0 Å². The van der Waals surface area contributed by atoms with Gasteiger partial charge in [-0.2, -0.15) is 18.3 Å². The number of halogens is 3. The first-order valence-corrected chi connectivity index (χ1v) is 6.30. The Hall–Kier alpha value is -2.31. The highest BCUT2D eigenvalue weighted by Gasteiger charge is 2.51. The maximum atomic E-state index is 12.5. The zero-order chi connectivity index (χ0) is 15.3. The van der Waals surface area contributed by atoms with E-state index >= 15 is 0 Å². The first-order valence-electron chi connectivity index (χ1n) is 6.30. The van der Waals surface area contributed by atoms with Crippen LogP contribution in [0, 0.1) is 0 Å². The van der Waals surface area contributed by atoms with Gasteiger partial charge in [0.15, 0.2) is 0 Å². The van der Waals surface area contributed by atoms with E-state index in [9.17, 15) is 23.1 Å². The van der Waals surface area contributed by atoms with Gasteiger partial charge in [-0.3, -0.25) is 9.89 Å². The highest BCUT2D eigenvalue weighted by Crippen LogP contribution is 2.48. The normalized spacial score (nSPS) is 16.7. The van der Waals surface area contributed by atoms with E-state index in [1.54, 1.807) is 24.3 Å². The quantitative estimate of drug-likeness (QED) is 0.914. The van der Waals surface area contributed by atoms with Gasteiger partial charge in [0, 0.05) is 5.56 Å². The van der Waals surface area contributed by atoms with Crippen molar-refractivity contribution >= 4 is 5.97 Å². The molecule has 0 amide bonds. The summed E-state index contributed by atoms with van der Waals surface area (Å²) in [5, 5.41) is 14.8. The monoisotopic (exact) mass is 296 g/mol. The number of aliphatic carboxylic acids is 1. The topological polar surface area (TPSA) is 66.0 Å². The van der Waals surface area contributed by atoms with Crippen LogP contribution in [-0.4, -0.2) is 21.3 Å². The van der Waals surface area contributed by atoms with E-state index in [2.05, 4.69) is 5.10 Å². The van der Waals surface area contributed by atoms with Crippen molar-refractivity contribution in [3.8, 4) is 11.3 Å². The number of hydrogen-bond donors (Lipinski definition) is 2. The number of hydrogen-bond acceptors (Lipinski definition) is 2. The van der Waals surface area contributed by atoms with E-state index in [0.717, 1.165) is 6.07 Å².